The molecule has 6 nitrogen and oxygen atoms in total. The lowest BCUT2D eigenvalue weighted by molar-refractivity contribution is -0.118. The van der Waals surface area contributed by atoms with Crippen LogP contribution in [-0.2, 0) is 9.59 Å². The molecule has 0 fully saturated rings. The van der Waals surface area contributed by atoms with E-state index in [4.69, 9.17) is 27.9 Å². The highest BCUT2D eigenvalue weighted by Gasteiger charge is 2.12. The Labute approximate surface area is 205 Å². The molecule has 0 saturated carbocycles. The summed E-state index contributed by atoms with van der Waals surface area (Å²) in [6, 6.07) is 16.7. The van der Waals surface area contributed by atoms with Crippen LogP contribution in [0, 0.1) is 24.1 Å². The van der Waals surface area contributed by atoms with Crippen LogP contribution in [0.3, 0.4) is 0 Å². The first-order valence-corrected chi connectivity index (χ1v) is 10.7. The van der Waals surface area contributed by atoms with Gasteiger partial charge in [-0.1, -0.05) is 35.3 Å². The van der Waals surface area contributed by atoms with E-state index in [0.29, 0.717) is 22.0 Å². The molecule has 2 amide bonds. The summed E-state index contributed by atoms with van der Waals surface area (Å²) in [6.07, 6.45) is 1.35. The van der Waals surface area contributed by atoms with Crippen LogP contribution in [0.25, 0.3) is 6.08 Å². The number of nitrogens with zero attached hydrogens (tertiary/aromatic N) is 1. The normalized spacial score (nSPS) is 10.9. The van der Waals surface area contributed by atoms with Crippen molar-refractivity contribution in [2.45, 2.75) is 6.92 Å². The van der Waals surface area contributed by atoms with Crippen molar-refractivity contribution >= 4 is 52.5 Å². The van der Waals surface area contributed by atoms with E-state index >= 15 is 0 Å². The zero-order valence-corrected chi connectivity index (χ0v) is 19.4. The summed E-state index contributed by atoms with van der Waals surface area (Å²) in [5.74, 6) is -1.24. The van der Waals surface area contributed by atoms with Gasteiger partial charge in [-0.05, 0) is 72.7 Å². The van der Waals surface area contributed by atoms with Crippen molar-refractivity contribution in [1.29, 1.82) is 5.26 Å². The molecule has 0 aromatic heterocycles. The van der Waals surface area contributed by atoms with Crippen LogP contribution < -0.4 is 15.4 Å². The number of amides is 2. The summed E-state index contributed by atoms with van der Waals surface area (Å²) < 4.78 is 18.5. The number of anilines is 2. The number of carbonyl (C=O) groups is 2. The van der Waals surface area contributed by atoms with Crippen LogP contribution in [0.4, 0.5) is 15.8 Å². The maximum absolute atomic E-state index is 13.0. The summed E-state index contributed by atoms with van der Waals surface area (Å²) in [6.45, 7) is 1.57. The largest absolute Gasteiger partial charge is 0.482 e. The average molecular weight is 498 g/mol. The molecule has 172 valence electrons. The fraction of sp³-hybridized carbons (Fsp3) is 0.0800. The molecule has 0 atom stereocenters. The number of rotatable bonds is 7. The summed E-state index contributed by atoms with van der Waals surface area (Å²) in [7, 11) is 0. The minimum atomic E-state index is -0.654. The first kappa shape index (κ1) is 24.8. The molecule has 0 bridgehead atoms. The molecule has 3 rings (SSSR count). The van der Waals surface area contributed by atoms with Gasteiger partial charge >= 0.3 is 0 Å². The predicted molar refractivity (Wildman–Crippen MR) is 130 cm³/mol. The topological polar surface area (TPSA) is 91.2 Å². The van der Waals surface area contributed by atoms with Crippen molar-refractivity contribution in [3.05, 3.63) is 93.2 Å². The third-order valence-corrected chi connectivity index (χ3v) is 5.25. The quantitative estimate of drug-likeness (QED) is 0.309. The molecular weight excluding hydrogens is 480 g/mol. The molecule has 0 spiro atoms. The molecule has 2 N–H and O–H groups in total. The molecule has 0 heterocycles. The highest BCUT2D eigenvalue weighted by molar-refractivity contribution is 6.32. The Morgan fingerprint density at radius 1 is 1.00 bits per heavy atom. The Bertz CT molecular complexity index is 1300. The molecule has 0 aliphatic carbocycles. The van der Waals surface area contributed by atoms with Crippen LogP contribution in [0.2, 0.25) is 10.0 Å². The number of hydrogen-bond donors (Lipinski definition) is 2. The SMILES string of the molecule is Cc1ccc(NC(=O)COc2ccc(/C=C(\C#N)C(=O)Nc3ccc(F)cc3)cc2Cl)cc1Cl. The zero-order chi connectivity index (χ0) is 24.7. The van der Waals surface area contributed by atoms with Crippen molar-refractivity contribution in [2.75, 3.05) is 17.2 Å². The van der Waals surface area contributed by atoms with E-state index in [1.165, 1.54) is 42.5 Å². The zero-order valence-electron chi connectivity index (χ0n) is 17.9. The van der Waals surface area contributed by atoms with Crippen molar-refractivity contribution in [3.63, 3.8) is 0 Å². The fourth-order valence-electron chi connectivity index (χ4n) is 2.78. The molecule has 34 heavy (non-hydrogen) atoms. The smallest absolute Gasteiger partial charge is 0.266 e. The van der Waals surface area contributed by atoms with E-state index in [9.17, 15) is 19.2 Å². The predicted octanol–water partition coefficient (Wildman–Crippen LogP) is 6.00. The second kappa shape index (κ2) is 11.3. The Kier molecular flexibility index (Phi) is 8.25. The number of ether oxygens (including phenoxy) is 1. The Balaban J connectivity index is 1.62. The lowest BCUT2D eigenvalue weighted by atomic mass is 10.1. The Morgan fingerprint density at radius 3 is 2.35 bits per heavy atom. The third kappa shape index (κ3) is 6.82. The van der Waals surface area contributed by atoms with Crippen molar-refractivity contribution in [3.8, 4) is 11.8 Å². The van der Waals surface area contributed by atoms with Crippen LogP contribution >= 0.6 is 23.2 Å². The Morgan fingerprint density at radius 2 is 1.71 bits per heavy atom. The van der Waals surface area contributed by atoms with Gasteiger partial charge in [0.15, 0.2) is 6.61 Å². The van der Waals surface area contributed by atoms with Gasteiger partial charge in [0.05, 0.1) is 5.02 Å². The average Bonchev–Trinajstić information content (AvgIpc) is 2.80. The molecular formula is C25H18Cl2FN3O3. The molecule has 3 aromatic rings. The van der Waals surface area contributed by atoms with Crippen LogP contribution in [0.15, 0.2) is 66.2 Å². The maximum Gasteiger partial charge on any atom is 0.266 e. The number of halogens is 3. The second-order valence-electron chi connectivity index (χ2n) is 7.12. The standard InChI is InChI=1S/C25H18Cl2FN3O3/c1-15-2-6-20(12-21(15)26)30-24(32)14-34-23-9-3-16(11-22(23)27)10-17(13-29)25(33)31-19-7-4-18(28)5-8-19/h2-12H,14H2,1H3,(H,30,32)(H,31,33)/b17-10+. The van der Waals surface area contributed by atoms with Gasteiger partial charge in [0, 0.05) is 16.4 Å². The molecule has 0 unspecified atom stereocenters. The van der Waals surface area contributed by atoms with Gasteiger partial charge in [-0.2, -0.15) is 5.26 Å². The van der Waals surface area contributed by atoms with Crippen molar-refractivity contribution in [1.82, 2.24) is 0 Å². The Hall–Kier alpha value is -3.86. The van der Waals surface area contributed by atoms with Gasteiger partial charge < -0.3 is 15.4 Å². The highest BCUT2D eigenvalue weighted by Crippen LogP contribution is 2.27. The van der Waals surface area contributed by atoms with E-state index in [0.717, 1.165) is 5.56 Å². The summed E-state index contributed by atoms with van der Waals surface area (Å²) >= 11 is 12.3. The van der Waals surface area contributed by atoms with Gasteiger partial charge in [0.25, 0.3) is 11.8 Å². The lowest BCUT2D eigenvalue weighted by Gasteiger charge is -2.10. The van der Waals surface area contributed by atoms with E-state index in [-0.39, 0.29) is 23.0 Å². The molecule has 0 saturated heterocycles. The van der Waals surface area contributed by atoms with Gasteiger partial charge in [0.2, 0.25) is 0 Å². The number of nitrogens with one attached hydrogen (secondary N) is 2. The second-order valence-corrected chi connectivity index (χ2v) is 7.94. The molecule has 0 radical (unpaired) electrons. The number of carbonyl (C=O) groups excluding carboxylic acids is 2. The van der Waals surface area contributed by atoms with Crippen LogP contribution in [0.5, 0.6) is 5.75 Å². The van der Waals surface area contributed by atoms with Crippen molar-refractivity contribution in [2.24, 2.45) is 0 Å². The number of nitriles is 1. The van der Waals surface area contributed by atoms with Crippen molar-refractivity contribution < 1.29 is 18.7 Å². The molecule has 9 heteroatoms. The highest BCUT2D eigenvalue weighted by atomic mass is 35.5. The van der Waals surface area contributed by atoms with Gasteiger partial charge in [-0.3, -0.25) is 9.59 Å². The fourth-order valence-corrected chi connectivity index (χ4v) is 3.21. The van der Waals surface area contributed by atoms with Gasteiger partial charge in [-0.25, -0.2) is 4.39 Å². The molecule has 0 aliphatic heterocycles. The molecule has 3 aromatic carbocycles. The number of benzene rings is 3. The first-order valence-electron chi connectivity index (χ1n) is 9.92. The van der Waals surface area contributed by atoms with Gasteiger partial charge in [0.1, 0.15) is 23.2 Å². The third-order valence-electron chi connectivity index (χ3n) is 4.55. The summed E-state index contributed by atoms with van der Waals surface area (Å²) in [4.78, 5) is 24.5. The minimum absolute atomic E-state index is 0.176. The van der Waals surface area contributed by atoms with Crippen LogP contribution in [0.1, 0.15) is 11.1 Å². The molecule has 0 aliphatic rings. The maximum atomic E-state index is 13.0. The number of hydrogen-bond acceptors (Lipinski definition) is 4. The van der Waals surface area contributed by atoms with E-state index in [1.54, 1.807) is 24.3 Å². The minimum Gasteiger partial charge on any atom is -0.482 e. The lowest BCUT2D eigenvalue weighted by Crippen LogP contribution is -2.20. The van der Waals surface area contributed by atoms with Crippen LogP contribution in [-0.4, -0.2) is 18.4 Å². The first-order chi connectivity index (χ1) is 16.2. The summed E-state index contributed by atoms with van der Waals surface area (Å²) in [5, 5.41) is 15.3. The van der Waals surface area contributed by atoms with E-state index in [1.807, 2.05) is 13.0 Å². The van der Waals surface area contributed by atoms with E-state index < -0.39 is 17.6 Å². The monoisotopic (exact) mass is 497 g/mol. The summed E-state index contributed by atoms with van der Waals surface area (Å²) in [5.41, 5.74) is 2.08. The van der Waals surface area contributed by atoms with Gasteiger partial charge in [-0.15, -0.1) is 0 Å². The number of aryl methyl sites for hydroxylation is 1. The van der Waals surface area contributed by atoms with E-state index in [2.05, 4.69) is 10.6 Å².